The van der Waals surface area contributed by atoms with E-state index in [1.807, 2.05) is 48.5 Å². The number of carbonyl (C=O) groups excluding carboxylic acids is 1. The molecule has 0 radical (unpaired) electrons. The first kappa shape index (κ1) is 26.0. The number of fused-ring (bicyclic) bond motifs is 1. The summed E-state index contributed by atoms with van der Waals surface area (Å²) in [6.45, 7) is 6.68. The maximum absolute atomic E-state index is 12.9. The molecule has 5 aromatic rings. The fraction of sp³-hybridized carbons (Fsp3) is 0.235. The average Bonchev–Trinajstić information content (AvgIpc) is 3.36. The fourth-order valence-corrected chi connectivity index (χ4v) is 5.30. The van der Waals surface area contributed by atoms with Gasteiger partial charge >= 0.3 is 0 Å². The van der Waals surface area contributed by atoms with Crippen molar-refractivity contribution in [3.05, 3.63) is 125 Å². The van der Waals surface area contributed by atoms with E-state index in [0.717, 1.165) is 67.3 Å². The molecule has 1 aliphatic rings. The number of aromatic nitrogens is 2. The van der Waals surface area contributed by atoms with Crippen molar-refractivity contribution in [2.75, 3.05) is 33.2 Å². The normalized spacial score (nSPS) is 14.4. The number of benzene rings is 4. The highest BCUT2D eigenvalue weighted by molar-refractivity contribution is 5.94. The minimum absolute atomic E-state index is 0.0779. The van der Waals surface area contributed by atoms with Gasteiger partial charge in [0.25, 0.3) is 5.91 Å². The van der Waals surface area contributed by atoms with E-state index in [1.165, 1.54) is 11.1 Å². The lowest BCUT2D eigenvalue weighted by Gasteiger charge is -2.32. The van der Waals surface area contributed by atoms with Crippen LogP contribution in [0.25, 0.3) is 22.4 Å². The summed E-state index contributed by atoms with van der Waals surface area (Å²) in [4.78, 5) is 22.7. The first-order valence-corrected chi connectivity index (χ1v) is 14.0. The highest BCUT2D eigenvalue weighted by atomic mass is 16.1. The number of para-hydroxylation sites is 2. The van der Waals surface area contributed by atoms with Crippen molar-refractivity contribution in [2.45, 2.75) is 19.6 Å². The molecule has 6 heteroatoms. The third-order valence-electron chi connectivity index (χ3n) is 7.72. The van der Waals surface area contributed by atoms with Gasteiger partial charge in [-0.2, -0.15) is 0 Å². The molecule has 202 valence electrons. The molecule has 40 heavy (non-hydrogen) atoms. The second-order valence-electron chi connectivity index (χ2n) is 10.7. The molecule has 1 aliphatic heterocycles. The predicted octanol–water partition coefficient (Wildman–Crippen LogP) is 5.43. The van der Waals surface area contributed by atoms with Crippen molar-refractivity contribution in [3.8, 4) is 11.4 Å². The molecule has 1 saturated heterocycles. The number of amides is 1. The summed E-state index contributed by atoms with van der Waals surface area (Å²) >= 11 is 0. The van der Waals surface area contributed by atoms with E-state index in [-0.39, 0.29) is 5.91 Å². The molecule has 0 spiro atoms. The smallest absolute Gasteiger partial charge is 0.251 e. The molecule has 1 fully saturated rings. The van der Waals surface area contributed by atoms with Crippen molar-refractivity contribution >= 4 is 16.9 Å². The maximum atomic E-state index is 12.9. The summed E-state index contributed by atoms with van der Waals surface area (Å²) < 4.78 is 2.24. The highest BCUT2D eigenvalue weighted by Crippen LogP contribution is 2.26. The van der Waals surface area contributed by atoms with E-state index in [0.29, 0.717) is 12.1 Å². The Balaban J connectivity index is 1.11. The van der Waals surface area contributed by atoms with Gasteiger partial charge in [-0.05, 0) is 48.0 Å². The number of piperazine rings is 1. The van der Waals surface area contributed by atoms with Gasteiger partial charge in [0.2, 0.25) is 0 Å². The van der Waals surface area contributed by atoms with Crippen molar-refractivity contribution in [3.63, 3.8) is 0 Å². The average molecular weight is 530 g/mol. The Morgan fingerprint density at radius 3 is 2.12 bits per heavy atom. The number of nitrogens with zero attached hydrogens (tertiary/aromatic N) is 4. The van der Waals surface area contributed by atoms with Crippen LogP contribution in [0.5, 0.6) is 0 Å². The molecule has 6 rings (SSSR count). The summed E-state index contributed by atoms with van der Waals surface area (Å²) in [6, 6.07) is 35.0. The molecule has 0 aliphatic carbocycles. The van der Waals surface area contributed by atoms with E-state index in [2.05, 4.69) is 81.3 Å². The lowest BCUT2D eigenvalue weighted by molar-refractivity contribution is 0.0951. The number of imidazole rings is 1. The Labute approximate surface area is 235 Å². The molecule has 1 aromatic heterocycles. The van der Waals surface area contributed by atoms with Crippen LogP contribution < -0.4 is 5.32 Å². The summed E-state index contributed by atoms with van der Waals surface area (Å²) in [5.41, 5.74) is 7.31. The SMILES string of the molecule is CN1CCN(Cc2ccc(CNC(=O)c3ccc(-c4nc5ccccc5n4Cc4ccccc4)cc3)cc2)CC1. The summed E-state index contributed by atoms with van der Waals surface area (Å²) in [7, 11) is 2.18. The molecule has 2 heterocycles. The van der Waals surface area contributed by atoms with Crippen molar-refractivity contribution in [1.82, 2.24) is 24.7 Å². The summed E-state index contributed by atoms with van der Waals surface area (Å²) in [5, 5.41) is 3.07. The Bertz CT molecular complexity index is 1570. The molecule has 4 aromatic carbocycles. The second-order valence-corrected chi connectivity index (χ2v) is 10.7. The van der Waals surface area contributed by atoms with E-state index < -0.39 is 0 Å². The van der Waals surface area contributed by atoms with Crippen LogP contribution in [0.3, 0.4) is 0 Å². The number of hydrogen-bond acceptors (Lipinski definition) is 4. The van der Waals surface area contributed by atoms with Gasteiger partial charge in [0, 0.05) is 56.9 Å². The van der Waals surface area contributed by atoms with Gasteiger partial charge in [0.05, 0.1) is 11.0 Å². The van der Waals surface area contributed by atoms with Crippen LogP contribution in [0.1, 0.15) is 27.0 Å². The predicted molar refractivity (Wildman–Crippen MR) is 161 cm³/mol. The van der Waals surface area contributed by atoms with Crippen LogP contribution in [0.15, 0.2) is 103 Å². The fourth-order valence-electron chi connectivity index (χ4n) is 5.30. The van der Waals surface area contributed by atoms with Crippen molar-refractivity contribution in [1.29, 1.82) is 0 Å². The van der Waals surface area contributed by atoms with E-state index in [1.54, 1.807) is 0 Å². The van der Waals surface area contributed by atoms with Crippen LogP contribution in [0.2, 0.25) is 0 Å². The quantitative estimate of drug-likeness (QED) is 0.291. The molecule has 0 saturated carbocycles. The molecular formula is C34H35N5O. The Kier molecular flexibility index (Phi) is 7.71. The molecular weight excluding hydrogens is 494 g/mol. The first-order chi connectivity index (χ1) is 19.6. The molecule has 1 N–H and O–H groups in total. The third kappa shape index (κ3) is 5.98. The molecule has 0 bridgehead atoms. The largest absolute Gasteiger partial charge is 0.348 e. The number of hydrogen-bond donors (Lipinski definition) is 1. The topological polar surface area (TPSA) is 53.4 Å². The molecule has 0 unspecified atom stereocenters. The van der Waals surface area contributed by atoms with E-state index >= 15 is 0 Å². The third-order valence-corrected chi connectivity index (χ3v) is 7.72. The lowest BCUT2D eigenvalue weighted by atomic mass is 10.1. The van der Waals surface area contributed by atoms with E-state index in [4.69, 9.17) is 4.98 Å². The zero-order valence-corrected chi connectivity index (χ0v) is 23.0. The summed E-state index contributed by atoms with van der Waals surface area (Å²) in [5.74, 6) is 0.819. The van der Waals surface area contributed by atoms with Gasteiger partial charge < -0.3 is 14.8 Å². The Morgan fingerprint density at radius 1 is 0.725 bits per heavy atom. The van der Waals surface area contributed by atoms with Crippen LogP contribution in [0, 0.1) is 0 Å². The lowest BCUT2D eigenvalue weighted by Crippen LogP contribution is -2.43. The second kappa shape index (κ2) is 11.9. The van der Waals surface area contributed by atoms with Crippen molar-refractivity contribution in [2.24, 2.45) is 0 Å². The molecule has 0 atom stereocenters. The van der Waals surface area contributed by atoms with Gasteiger partial charge in [0.15, 0.2) is 0 Å². The van der Waals surface area contributed by atoms with Gasteiger partial charge in [-0.3, -0.25) is 9.69 Å². The van der Waals surface area contributed by atoms with Crippen LogP contribution >= 0.6 is 0 Å². The molecule has 6 nitrogen and oxygen atoms in total. The van der Waals surface area contributed by atoms with Crippen LogP contribution in [-0.4, -0.2) is 58.5 Å². The minimum atomic E-state index is -0.0779. The zero-order chi connectivity index (χ0) is 27.3. The van der Waals surface area contributed by atoms with Gasteiger partial charge in [-0.15, -0.1) is 0 Å². The Morgan fingerprint density at radius 2 is 1.38 bits per heavy atom. The zero-order valence-electron chi connectivity index (χ0n) is 23.0. The summed E-state index contributed by atoms with van der Waals surface area (Å²) in [6.07, 6.45) is 0. The first-order valence-electron chi connectivity index (χ1n) is 14.0. The maximum Gasteiger partial charge on any atom is 0.251 e. The minimum Gasteiger partial charge on any atom is -0.348 e. The number of carbonyl (C=O) groups is 1. The number of rotatable bonds is 8. The van der Waals surface area contributed by atoms with Crippen molar-refractivity contribution < 1.29 is 4.79 Å². The van der Waals surface area contributed by atoms with Gasteiger partial charge in [-0.1, -0.05) is 78.9 Å². The van der Waals surface area contributed by atoms with Gasteiger partial charge in [-0.25, -0.2) is 4.98 Å². The Hall–Kier alpha value is -4.26. The molecule has 1 amide bonds. The van der Waals surface area contributed by atoms with Crippen LogP contribution in [0.4, 0.5) is 0 Å². The standard InChI is InChI=1S/C34H35N5O/c1-37-19-21-38(22-20-37)24-28-13-11-26(12-14-28)23-35-34(40)30-17-15-29(16-18-30)33-36-31-9-5-6-10-32(31)39(33)25-27-7-3-2-4-8-27/h2-18H,19-25H2,1H3,(H,35,40). The van der Waals surface area contributed by atoms with Gasteiger partial charge in [0.1, 0.15) is 5.82 Å². The van der Waals surface area contributed by atoms with Crippen LogP contribution in [-0.2, 0) is 19.6 Å². The monoisotopic (exact) mass is 529 g/mol. The van der Waals surface area contributed by atoms with E-state index in [9.17, 15) is 4.79 Å². The number of likely N-dealkylation sites (N-methyl/N-ethyl adjacent to an activating group) is 1. The highest BCUT2D eigenvalue weighted by Gasteiger charge is 2.15. The number of nitrogens with one attached hydrogen (secondary N) is 1.